The van der Waals surface area contributed by atoms with Crippen LogP contribution in [-0.2, 0) is 5.41 Å². The van der Waals surface area contributed by atoms with Gasteiger partial charge in [-0.3, -0.25) is 0 Å². The first kappa shape index (κ1) is 35.8. The zero-order chi connectivity index (χ0) is 41.9. The van der Waals surface area contributed by atoms with Crippen LogP contribution in [0.1, 0.15) is 22.3 Å². The summed E-state index contributed by atoms with van der Waals surface area (Å²) >= 11 is 1.92. The fraction of sp³-hybridized carbons (Fsp3) is 0.0161. The first-order valence-electron chi connectivity index (χ1n) is 22.1. The summed E-state index contributed by atoms with van der Waals surface area (Å²) in [5, 5.41) is 11.3. The fourth-order valence-corrected chi connectivity index (χ4v) is 12.7. The number of hydrogen-bond acceptors (Lipinski definition) is 2. The molecule has 2 heteroatoms. The Morgan fingerprint density at radius 1 is 0.312 bits per heavy atom. The molecule has 0 saturated carbocycles. The minimum absolute atomic E-state index is 0.468. The van der Waals surface area contributed by atoms with E-state index in [-0.39, 0.29) is 0 Å². The number of fused-ring (bicyclic) bond motifs is 19. The molecule has 0 bridgehead atoms. The summed E-state index contributed by atoms with van der Waals surface area (Å²) in [4.78, 5) is 8.09. The summed E-state index contributed by atoms with van der Waals surface area (Å²) in [6.07, 6.45) is 0. The number of pyridine rings is 1. The normalized spacial score (nSPS) is 13.4. The lowest BCUT2D eigenvalue weighted by Crippen LogP contribution is -2.32. The second-order valence-corrected chi connectivity index (χ2v) is 18.3. The molecule has 1 aliphatic carbocycles. The van der Waals surface area contributed by atoms with E-state index in [0.717, 1.165) is 16.8 Å². The van der Waals surface area contributed by atoms with Crippen LogP contribution < -0.4 is 0 Å². The third-order valence-electron chi connectivity index (χ3n) is 14.1. The van der Waals surface area contributed by atoms with E-state index in [1.807, 2.05) is 11.8 Å². The van der Waals surface area contributed by atoms with E-state index in [2.05, 4.69) is 224 Å². The average molecular weight is 828 g/mol. The second-order valence-electron chi connectivity index (χ2n) is 17.3. The maximum Gasteiger partial charge on any atom is 0.0788 e. The third kappa shape index (κ3) is 4.95. The molecule has 0 N–H and O–H groups in total. The lowest BCUT2D eigenvalue weighted by molar-refractivity contribution is 0.726. The molecule has 0 atom stereocenters. The standard InChI is InChI=1S/C62H37NS/c1-2-15-38(16-3-1)60-50-32-33-56-61(64-58-28-13-12-27-55(58)62(56)53-25-10-8-23-48(53)49-24-9-11-26-54(49)62)59(50)52-37-42(30-34-57(52)63-60)40-18-14-17-39(35-40)41-29-31-47-45-21-5-4-19-43(45)44-20-6-7-22-46(44)51(47)36-41/h1-37H. The SMILES string of the molecule is c1ccc(-c2nc3ccc(-c4cccc(-c5ccc6c7ccccc7c7ccccc7c6c5)c4)cc3c3c4c(ccc23)C2(c3ccccc3S4)c3ccccc3-c3ccccc32)cc1. The van der Waals surface area contributed by atoms with Crippen LogP contribution in [0.5, 0.6) is 0 Å². The Labute approximate surface area is 375 Å². The smallest absolute Gasteiger partial charge is 0.0788 e. The molecule has 12 aromatic rings. The highest BCUT2D eigenvalue weighted by atomic mass is 32.2. The molecule has 1 nitrogen and oxygen atoms in total. The molecule has 0 fully saturated rings. The van der Waals surface area contributed by atoms with Crippen molar-refractivity contribution in [2.45, 2.75) is 15.2 Å². The molecule has 2 aliphatic rings. The number of aromatic nitrogens is 1. The van der Waals surface area contributed by atoms with E-state index in [9.17, 15) is 0 Å². The van der Waals surface area contributed by atoms with Gasteiger partial charge in [0.05, 0.1) is 16.6 Å². The Balaban J connectivity index is 1.01. The number of benzene rings is 11. The zero-order valence-corrected chi connectivity index (χ0v) is 35.5. The average Bonchev–Trinajstić information content (AvgIpc) is 3.66. The first-order chi connectivity index (χ1) is 31.7. The van der Waals surface area contributed by atoms with Gasteiger partial charge in [-0.05, 0) is 118 Å². The summed E-state index contributed by atoms with van der Waals surface area (Å²) in [5.41, 5.74) is 15.4. The maximum atomic E-state index is 5.49. The molecular weight excluding hydrogens is 791 g/mol. The molecule has 14 rings (SSSR count). The van der Waals surface area contributed by atoms with Crippen molar-refractivity contribution in [1.29, 1.82) is 0 Å². The highest BCUT2D eigenvalue weighted by Gasteiger charge is 2.50. The molecule has 0 unspecified atom stereocenters. The number of rotatable bonds is 3. The quantitative estimate of drug-likeness (QED) is 0.165. The predicted molar refractivity (Wildman–Crippen MR) is 270 cm³/mol. The Bertz CT molecular complexity index is 3860. The van der Waals surface area contributed by atoms with Crippen molar-refractivity contribution in [2.24, 2.45) is 0 Å². The van der Waals surface area contributed by atoms with Crippen LogP contribution in [0.25, 0.3) is 98.6 Å². The lowest BCUT2D eigenvalue weighted by atomic mass is 9.67. The van der Waals surface area contributed by atoms with Gasteiger partial charge in [0.1, 0.15) is 0 Å². The van der Waals surface area contributed by atoms with E-state index in [1.165, 1.54) is 114 Å². The number of nitrogens with zero attached hydrogens (tertiary/aromatic N) is 1. The zero-order valence-electron chi connectivity index (χ0n) is 34.7. The van der Waals surface area contributed by atoms with E-state index in [1.54, 1.807) is 0 Å². The van der Waals surface area contributed by atoms with Gasteiger partial charge in [0, 0.05) is 31.5 Å². The Hall–Kier alpha value is -7.78. The van der Waals surface area contributed by atoms with Crippen LogP contribution in [0.3, 0.4) is 0 Å². The third-order valence-corrected chi connectivity index (χ3v) is 15.3. The van der Waals surface area contributed by atoms with Crippen LogP contribution in [0.4, 0.5) is 0 Å². The fourth-order valence-electron chi connectivity index (χ4n) is 11.4. The summed E-state index contributed by atoms with van der Waals surface area (Å²) in [5.74, 6) is 0. The van der Waals surface area contributed by atoms with Crippen molar-refractivity contribution in [2.75, 3.05) is 0 Å². The molecule has 1 aromatic heterocycles. The van der Waals surface area contributed by atoms with Crippen LogP contribution in [0.2, 0.25) is 0 Å². The van der Waals surface area contributed by atoms with Gasteiger partial charge in [-0.25, -0.2) is 4.98 Å². The molecule has 1 spiro atoms. The highest BCUT2D eigenvalue weighted by Crippen LogP contribution is 2.63. The van der Waals surface area contributed by atoms with Gasteiger partial charge in [0.15, 0.2) is 0 Å². The summed E-state index contributed by atoms with van der Waals surface area (Å²) in [6, 6.07) is 83.3. The molecule has 0 amide bonds. The van der Waals surface area contributed by atoms with Gasteiger partial charge in [0.25, 0.3) is 0 Å². The number of hydrogen-bond donors (Lipinski definition) is 0. The monoisotopic (exact) mass is 827 g/mol. The molecule has 1 aliphatic heterocycles. The molecule has 0 radical (unpaired) electrons. The first-order valence-corrected chi connectivity index (χ1v) is 22.9. The predicted octanol–water partition coefficient (Wildman–Crippen LogP) is 16.7. The van der Waals surface area contributed by atoms with Gasteiger partial charge in [-0.1, -0.05) is 206 Å². The van der Waals surface area contributed by atoms with E-state index in [0.29, 0.717) is 0 Å². The molecule has 11 aromatic carbocycles. The minimum atomic E-state index is -0.468. The van der Waals surface area contributed by atoms with Crippen LogP contribution in [-0.4, -0.2) is 4.98 Å². The van der Waals surface area contributed by atoms with Crippen molar-refractivity contribution in [3.8, 4) is 44.6 Å². The van der Waals surface area contributed by atoms with Crippen molar-refractivity contribution in [1.82, 2.24) is 4.98 Å². The van der Waals surface area contributed by atoms with Crippen molar-refractivity contribution in [3.63, 3.8) is 0 Å². The van der Waals surface area contributed by atoms with Crippen LogP contribution in [0.15, 0.2) is 234 Å². The summed E-state index contributed by atoms with van der Waals surface area (Å²) in [6.45, 7) is 0. The van der Waals surface area contributed by atoms with Crippen molar-refractivity contribution in [3.05, 3.63) is 247 Å². The van der Waals surface area contributed by atoms with Gasteiger partial charge in [-0.2, -0.15) is 0 Å². The van der Waals surface area contributed by atoms with Crippen LogP contribution >= 0.6 is 11.8 Å². The molecule has 0 saturated heterocycles. The Kier molecular flexibility index (Phi) is 7.61. The van der Waals surface area contributed by atoms with E-state index < -0.39 is 5.41 Å². The maximum absolute atomic E-state index is 5.49. The van der Waals surface area contributed by atoms with E-state index in [4.69, 9.17) is 4.98 Å². The van der Waals surface area contributed by atoms with Gasteiger partial charge in [-0.15, -0.1) is 0 Å². The second kappa shape index (κ2) is 13.6. The van der Waals surface area contributed by atoms with Gasteiger partial charge in [0.2, 0.25) is 0 Å². The minimum Gasteiger partial charge on any atom is -0.247 e. The van der Waals surface area contributed by atoms with Gasteiger partial charge < -0.3 is 0 Å². The Morgan fingerprint density at radius 3 is 1.50 bits per heavy atom. The molecule has 64 heavy (non-hydrogen) atoms. The van der Waals surface area contributed by atoms with Crippen molar-refractivity contribution >= 4 is 65.8 Å². The largest absolute Gasteiger partial charge is 0.247 e. The topological polar surface area (TPSA) is 12.9 Å². The molecular formula is C62H37NS. The van der Waals surface area contributed by atoms with Crippen molar-refractivity contribution < 1.29 is 0 Å². The molecule has 296 valence electrons. The summed E-state index contributed by atoms with van der Waals surface area (Å²) in [7, 11) is 0. The highest BCUT2D eigenvalue weighted by molar-refractivity contribution is 7.99. The lowest BCUT2D eigenvalue weighted by Gasteiger charge is -2.40. The molecule has 2 heterocycles. The summed E-state index contributed by atoms with van der Waals surface area (Å²) < 4.78 is 0. The Morgan fingerprint density at radius 2 is 0.812 bits per heavy atom. The van der Waals surface area contributed by atoms with Crippen LogP contribution in [0, 0.1) is 0 Å². The van der Waals surface area contributed by atoms with E-state index >= 15 is 0 Å². The van der Waals surface area contributed by atoms with Gasteiger partial charge >= 0.3 is 0 Å².